The number of hydrazine groups is 1. The highest BCUT2D eigenvalue weighted by Gasteiger charge is 2.36. The molecule has 3 rings (SSSR count). The molecule has 7 heteroatoms. The largest absolute Gasteiger partial charge is 0.497 e. The SMILES string of the molecule is COc1ccc(C(C)(O)CN2CC(C)C(N(N)c3ccc(F)cc3)=C(N)C2C)cc1. The zero-order valence-corrected chi connectivity index (χ0v) is 18.0. The van der Waals surface area contributed by atoms with Crippen LogP contribution in [-0.2, 0) is 5.60 Å². The molecule has 1 aliphatic heterocycles. The maximum absolute atomic E-state index is 13.3. The van der Waals surface area contributed by atoms with Crippen molar-refractivity contribution in [2.75, 3.05) is 25.2 Å². The lowest BCUT2D eigenvalue weighted by Gasteiger charge is -2.43. The Labute approximate surface area is 177 Å². The fraction of sp³-hybridized carbons (Fsp3) is 0.391. The van der Waals surface area contributed by atoms with Crippen molar-refractivity contribution in [1.82, 2.24) is 4.90 Å². The van der Waals surface area contributed by atoms with Crippen molar-refractivity contribution in [3.8, 4) is 5.75 Å². The molecule has 30 heavy (non-hydrogen) atoms. The fourth-order valence-corrected chi connectivity index (χ4v) is 4.05. The Kier molecular flexibility index (Phi) is 6.36. The van der Waals surface area contributed by atoms with Gasteiger partial charge in [-0.3, -0.25) is 9.91 Å². The Morgan fingerprint density at radius 2 is 1.77 bits per heavy atom. The number of hydrogen-bond donors (Lipinski definition) is 3. The van der Waals surface area contributed by atoms with Crippen LogP contribution in [0.2, 0.25) is 0 Å². The second kappa shape index (κ2) is 8.63. The molecular weight excluding hydrogens is 383 g/mol. The lowest BCUT2D eigenvalue weighted by Crippen LogP contribution is -2.53. The van der Waals surface area contributed by atoms with E-state index in [1.165, 1.54) is 17.1 Å². The summed E-state index contributed by atoms with van der Waals surface area (Å²) in [7, 11) is 1.61. The quantitative estimate of drug-likeness (QED) is 0.498. The summed E-state index contributed by atoms with van der Waals surface area (Å²) in [6.07, 6.45) is 0. The number of β-amino-alcohol motifs (C(OH)–C–C–N with tert-alkyl or cyclic N) is 1. The molecule has 1 heterocycles. The summed E-state index contributed by atoms with van der Waals surface area (Å²) in [5.41, 5.74) is 8.39. The van der Waals surface area contributed by atoms with E-state index in [0.717, 1.165) is 17.0 Å². The van der Waals surface area contributed by atoms with E-state index < -0.39 is 5.60 Å². The van der Waals surface area contributed by atoms with Gasteiger partial charge in [-0.15, -0.1) is 0 Å². The number of hydrogen-bond acceptors (Lipinski definition) is 6. The molecule has 2 aromatic carbocycles. The lowest BCUT2D eigenvalue weighted by molar-refractivity contribution is 0.00202. The number of methoxy groups -OCH3 is 1. The van der Waals surface area contributed by atoms with E-state index in [1.54, 1.807) is 26.2 Å². The molecule has 0 fully saturated rings. The number of halogens is 1. The first kappa shape index (κ1) is 22.1. The highest BCUT2D eigenvalue weighted by molar-refractivity contribution is 5.52. The van der Waals surface area contributed by atoms with E-state index in [4.69, 9.17) is 16.3 Å². The predicted octanol–water partition coefficient (Wildman–Crippen LogP) is 2.93. The van der Waals surface area contributed by atoms with Gasteiger partial charge in [0.1, 0.15) is 11.6 Å². The first-order valence-electron chi connectivity index (χ1n) is 10.0. The number of rotatable bonds is 6. The van der Waals surface area contributed by atoms with Gasteiger partial charge in [0.05, 0.1) is 24.1 Å². The van der Waals surface area contributed by atoms with Gasteiger partial charge in [0.2, 0.25) is 0 Å². The van der Waals surface area contributed by atoms with Crippen LogP contribution in [0.25, 0.3) is 0 Å². The molecule has 2 aromatic rings. The highest BCUT2D eigenvalue weighted by atomic mass is 19.1. The van der Waals surface area contributed by atoms with Crippen molar-refractivity contribution >= 4 is 5.69 Å². The number of benzene rings is 2. The van der Waals surface area contributed by atoms with Crippen LogP contribution in [0.4, 0.5) is 10.1 Å². The van der Waals surface area contributed by atoms with Crippen LogP contribution in [0, 0.1) is 11.7 Å². The highest BCUT2D eigenvalue weighted by Crippen LogP contribution is 2.33. The Hall–Kier alpha value is -2.61. The summed E-state index contributed by atoms with van der Waals surface area (Å²) in [4.78, 5) is 2.16. The molecule has 0 aliphatic carbocycles. The summed E-state index contributed by atoms with van der Waals surface area (Å²) >= 11 is 0. The van der Waals surface area contributed by atoms with Gasteiger partial charge in [-0.05, 0) is 55.8 Å². The summed E-state index contributed by atoms with van der Waals surface area (Å²) in [5, 5.41) is 12.7. The van der Waals surface area contributed by atoms with Gasteiger partial charge in [0, 0.05) is 30.7 Å². The molecule has 0 saturated carbocycles. The molecule has 0 bridgehead atoms. The van der Waals surface area contributed by atoms with Gasteiger partial charge < -0.3 is 15.6 Å². The van der Waals surface area contributed by atoms with Crippen molar-refractivity contribution in [1.29, 1.82) is 0 Å². The van der Waals surface area contributed by atoms with Crippen LogP contribution in [0.15, 0.2) is 59.9 Å². The minimum absolute atomic E-state index is 0.0305. The van der Waals surface area contributed by atoms with Crippen molar-refractivity contribution in [3.05, 3.63) is 71.3 Å². The Bertz CT molecular complexity index is 896. The Morgan fingerprint density at radius 3 is 2.33 bits per heavy atom. The lowest BCUT2D eigenvalue weighted by atomic mass is 9.90. The molecule has 3 unspecified atom stereocenters. The maximum Gasteiger partial charge on any atom is 0.123 e. The van der Waals surface area contributed by atoms with Gasteiger partial charge >= 0.3 is 0 Å². The monoisotopic (exact) mass is 414 g/mol. The molecule has 0 saturated heterocycles. The van der Waals surface area contributed by atoms with Crippen LogP contribution in [0.3, 0.4) is 0 Å². The number of nitrogens with zero attached hydrogens (tertiary/aromatic N) is 2. The number of aliphatic hydroxyl groups is 1. The molecule has 0 aromatic heterocycles. The van der Waals surface area contributed by atoms with Crippen LogP contribution in [0.5, 0.6) is 5.75 Å². The van der Waals surface area contributed by atoms with E-state index in [0.29, 0.717) is 24.5 Å². The average Bonchev–Trinajstić information content (AvgIpc) is 2.72. The Morgan fingerprint density at radius 1 is 1.17 bits per heavy atom. The predicted molar refractivity (Wildman–Crippen MR) is 117 cm³/mol. The van der Waals surface area contributed by atoms with Gasteiger partial charge in [-0.2, -0.15) is 0 Å². The van der Waals surface area contributed by atoms with Crippen LogP contribution >= 0.6 is 0 Å². The molecule has 6 nitrogen and oxygen atoms in total. The zero-order chi connectivity index (χ0) is 22.1. The van der Waals surface area contributed by atoms with Crippen LogP contribution in [-0.4, -0.2) is 36.2 Å². The smallest absolute Gasteiger partial charge is 0.123 e. The Balaban J connectivity index is 1.81. The average molecular weight is 415 g/mol. The first-order valence-corrected chi connectivity index (χ1v) is 10.0. The molecule has 1 aliphatic rings. The van der Waals surface area contributed by atoms with E-state index in [1.807, 2.05) is 38.1 Å². The van der Waals surface area contributed by atoms with Gasteiger partial charge in [-0.1, -0.05) is 19.1 Å². The molecular formula is C23H31FN4O2. The summed E-state index contributed by atoms with van der Waals surface area (Å²) in [6, 6.07) is 13.3. The summed E-state index contributed by atoms with van der Waals surface area (Å²) < 4.78 is 18.5. The van der Waals surface area contributed by atoms with Crippen molar-refractivity contribution < 1.29 is 14.2 Å². The number of nitrogens with two attached hydrogens (primary N) is 2. The molecule has 0 amide bonds. The molecule has 0 radical (unpaired) electrons. The third kappa shape index (κ3) is 4.43. The molecule has 0 spiro atoms. The third-order valence-electron chi connectivity index (χ3n) is 5.86. The van der Waals surface area contributed by atoms with E-state index >= 15 is 0 Å². The van der Waals surface area contributed by atoms with Gasteiger partial charge in [0.25, 0.3) is 0 Å². The summed E-state index contributed by atoms with van der Waals surface area (Å²) in [5.74, 6) is 6.81. The third-order valence-corrected chi connectivity index (χ3v) is 5.86. The van der Waals surface area contributed by atoms with Crippen molar-refractivity contribution in [2.45, 2.75) is 32.4 Å². The summed E-state index contributed by atoms with van der Waals surface area (Å²) in [6.45, 7) is 6.95. The minimum atomic E-state index is -1.06. The number of ether oxygens (including phenoxy) is 1. The fourth-order valence-electron chi connectivity index (χ4n) is 4.05. The zero-order valence-electron chi connectivity index (χ0n) is 18.0. The van der Waals surface area contributed by atoms with E-state index in [9.17, 15) is 9.50 Å². The van der Waals surface area contributed by atoms with Crippen LogP contribution < -0.4 is 21.3 Å². The van der Waals surface area contributed by atoms with E-state index in [-0.39, 0.29) is 17.8 Å². The minimum Gasteiger partial charge on any atom is -0.497 e. The van der Waals surface area contributed by atoms with Crippen molar-refractivity contribution in [3.63, 3.8) is 0 Å². The topological polar surface area (TPSA) is 88.0 Å². The van der Waals surface area contributed by atoms with Gasteiger partial charge in [-0.25, -0.2) is 10.2 Å². The second-order valence-electron chi connectivity index (χ2n) is 8.20. The van der Waals surface area contributed by atoms with Crippen LogP contribution in [0.1, 0.15) is 26.3 Å². The van der Waals surface area contributed by atoms with Crippen molar-refractivity contribution in [2.24, 2.45) is 17.5 Å². The van der Waals surface area contributed by atoms with Gasteiger partial charge in [0.15, 0.2) is 0 Å². The molecule has 5 N–H and O–H groups in total. The second-order valence-corrected chi connectivity index (χ2v) is 8.20. The maximum atomic E-state index is 13.3. The normalized spacial score (nSPS) is 22.0. The standard InChI is InChI=1S/C23H31FN4O2/c1-15-13-27(14-23(3,29)17-5-11-20(30-4)12-6-17)16(2)21(25)22(15)28(26)19-9-7-18(24)8-10-19/h5-12,15-16,29H,13-14,25-26H2,1-4H3. The molecule has 3 atom stereocenters. The van der Waals surface area contributed by atoms with E-state index in [2.05, 4.69) is 4.90 Å². The molecule has 162 valence electrons. The first-order chi connectivity index (χ1) is 14.1. The number of anilines is 1.